The number of fused-ring (bicyclic) bond motifs is 1. The predicted octanol–water partition coefficient (Wildman–Crippen LogP) is 2.36. The topological polar surface area (TPSA) is 81.2 Å². The summed E-state index contributed by atoms with van der Waals surface area (Å²) in [5, 5.41) is 19.6. The Labute approximate surface area is 147 Å². The third-order valence-electron chi connectivity index (χ3n) is 5.39. The molecule has 1 aromatic carbocycles. The first-order valence-electron chi connectivity index (χ1n) is 9.08. The molecule has 2 aliphatic rings. The van der Waals surface area contributed by atoms with Crippen LogP contribution >= 0.6 is 0 Å². The zero-order valence-electron chi connectivity index (χ0n) is 14.3. The number of piperidine rings is 1. The highest BCUT2D eigenvalue weighted by molar-refractivity contribution is 6.05. The number of H-pyrrole nitrogens is 1. The van der Waals surface area contributed by atoms with Crippen molar-refractivity contribution in [2.75, 3.05) is 29.9 Å². The van der Waals surface area contributed by atoms with E-state index in [1.165, 1.54) is 0 Å². The van der Waals surface area contributed by atoms with E-state index >= 15 is 0 Å². The van der Waals surface area contributed by atoms with Crippen molar-refractivity contribution in [3.63, 3.8) is 0 Å². The van der Waals surface area contributed by atoms with E-state index in [-0.39, 0.29) is 12.5 Å². The summed E-state index contributed by atoms with van der Waals surface area (Å²) < 4.78 is 0. The van der Waals surface area contributed by atoms with Gasteiger partial charge in [0.2, 0.25) is 0 Å². The van der Waals surface area contributed by atoms with Crippen LogP contribution in [0.25, 0.3) is 0 Å². The molecule has 0 spiro atoms. The maximum Gasteiger partial charge on any atom is 0.276 e. The number of carbonyl (C=O) groups excluding carboxylic acids is 1. The lowest BCUT2D eigenvalue weighted by Crippen LogP contribution is -2.35. The van der Waals surface area contributed by atoms with Gasteiger partial charge >= 0.3 is 0 Å². The lowest BCUT2D eigenvalue weighted by Gasteiger charge is -2.34. The van der Waals surface area contributed by atoms with Gasteiger partial charge < -0.3 is 15.3 Å². The number of benzene rings is 1. The number of nitrogens with one attached hydrogen (secondary N) is 2. The molecule has 1 aliphatic carbocycles. The van der Waals surface area contributed by atoms with Gasteiger partial charge in [-0.05, 0) is 50.2 Å². The number of nitrogens with zero attached hydrogens (tertiary/aromatic N) is 2. The fourth-order valence-corrected chi connectivity index (χ4v) is 3.90. The summed E-state index contributed by atoms with van der Waals surface area (Å²) in [4.78, 5) is 15.0. The molecule has 4 rings (SSSR count). The summed E-state index contributed by atoms with van der Waals surface area (Å²) in [6.45, 7) is 2.06. The standard InChI is InChI=1S/C19H24N4O2/c24-12-13-8-10-23(11-9-13)17-7-2-1-5-16(17)20-19(25)18-14-4-3-6-15(14)21-22-18/h1-2,5,7,13,24H,3-4,6,8-12H2,(H,20,25)(H,21,22). The zero-order valence-corrected chi connectivity index (χ0v) is 14.3. The van der Waals surface area contributed by atoms with Crippen LogP contribution in [0.2, 0.25) is 0 Å². The molecular weight excluding hydrogens is 316 g/mol. The van der Waals surface area contributed by atoms with E-state index in [1.807, 2.05) is 24.3 Å². The summed E-state index contributed by atoms with van der Waals surface area (Å²) in [5.41, 5.74) is 4.56. The van der Waals surface area contributed by atoms with Gasteiger partial charge in [-0.25, -0.2) is 0 Å². The largest absolute Gasteiger partial charge is 0.396 e. The summed E-state index contributed by atoms with van der Waals surface area (Å²) in [6.07, 6.45) is 4.94. The molecule has 3 N–H and O–H groups in total. The maximum atomic E-state index is 12.7. The molecule has 0 saturated carbocycles. The van der Waals surface area contributed by atoms with Crippen molar-refractivity contribution in [1.29, 1.82) is 0 Å². The maximum absolute atomic E-state index is 12.7. The molecular formula is C19H24N4O2. The zero-order chi connectivity index (χ0) is 17.2. The van der Waals surface area contributed by atoms with Crippen LogP contribution in [0.5, 0.6) is 0 Å². The number of hydrogen-bond acceptors (Lipinski definition) is 4. The predicted molar refractivity (Wildman–Crippen MR) is 97.0 cm³/mol. The quantitative estimate of drug-likeness (QED) is 0.798. The van der Waals surface area contributed by atoms with Gasteiger partial charge in [0.15, 0.2) is 5.69 Å². The first kappa shape index (κ1) is 16.1. The average molecular weight is 340 g/mol. The Morgan fingerprint density at radius 2 is 2.08 bits per heavy atom. The van der Waals surface area contributed by atoms with Crippen molar-refractivity contribution in [2.24, 2.45) is 5.92 Å². The molecule has 132 valence electrons. The summed E-state index contributed by atoms with van der Waals surface area (Å²) in [5.74, 6) is 0.252. The Kier molecular flexibility index (Phi) is 4.44. The average Bonchev–Trinajstić information content (AvgIpc) is 3.26. The molecule has 0 unspecified atom stereocenters. The van der Waals surface area contributed by atoms with Gasteiger partial charge in [-0.2, -0.15) is 5.10 Å². The molecule has 0 atom stereocenters. The molecule has 2 heterocycles. The van der Waals surface area contributed by atoms with Gasteiger partial charge in [0.25, 0.3) is 5.91 Å². The Balaban J connectivity index is 1.52. The lowest BCUT2D eigenvalue weighted by atomic mass is 9.97. The number of aliphatic hydroxyl groups excluding tert-OH is 1. The summed E-state index contributed by atoms with van der Waals surface area (Å²) in [6, 6.07) is 7.92. The molecule has 1 aromatic heterocycles. The summed E-state index contributed by atoms with van der Waals surface area (Å²) >= 11 is 0. The van der Waals surface area contributed by atoms with Crippen LogP contribution in [-0.4, -0.2) is 40.9 Å². The van der Waals surface area contributed by atoms with Crippen LogP contribution in [-0.2, 0) is 12.8 Å². The molecule has 0 radical (unpaired) electrons. The van der Waals surface area contributed by atoms with Crippen LogP contribution in [0.3, 0.4) is 0 Å². The first-order valence-corrected chi connectivity index (χ1v) is 9.08. The smallest absolute Gasteiger partial charge is 0.276 e. The minimum Gasteiger partial charge on any atom is -0.396 e. The van der Waals surface area contributed by atoms with Gasteiger partial charge in [0.1, 0.15) is 0 Å². The fourth-order valence-electron chi connectivity index (χ4n) is 3.90. The van der Waals surface area contributed by atoms with Gasteiger partial charge in [0, 0.05) is 31.0 Å². The van der Waals surface area contributed by atoms with Crippen molar-refractivity contribution in [3.8, 4) is 0 Å². The van der Waals surface area contributed by atoms with E-state index in [4.69, 9.17) is 0 Å². The highest BCUT2D eigenvalue weighted by Crippen LogP contribution is 2.30. The number of aryl methyl sites for hydroxylation is 1. The molecule has 0 bridgehead atoms. The lowest BCUT2D eigenvalue weighted by molar-refractivity contribution is 0.102. The van der Waals surface area contributed by atoms with Gasteiger partial charge in [-0.15, -0.1) is 0 Å². The molecule has 1 fully saturated rings. The number of carbonyl (C=O) groups is 1. The van der Waals surface area contributed by atoms with Crippen LogP contribution in [0.15, 0.2) is 24.3 Å². The Morgan fingerprint density at radius 1 is 1.28 bits per heavy atom. The number of para-hydroxylation sites is 2. The molecule has 2 aromatic rings. The Hall–Kier alpha value is -2.34. The number of aromatic nitrogens is 2. The summed E-state index contributed by atoms with van der Waals surface area (Å²) in [7, 11) is 0. The van der Waals surface area contributed by atoms with E-state index in [9.17, 15) is 9.90 Å². The third-order valence-corrected chi connectivity index (χ3v) is 5.39. The number of hydrogen-bond donors (Lipinski definition) is 3. The number of aliphatic hydroxyl groups is 1. The number of anilines is 2. The fraction of sp³-hybridized carbons (Fsp3) is 0.474. The second-order valence-corrected chi connectivity index (χ2v) is 6.97. The Bertz CT molecular complexity index is 763. The molecule has 1 aliphatic heterocycles. The van der Waals surface area contributed by atoms with E-state index in [0.717, 1.165) is 67.8 Å². The van der Waals surface area contributed by atoms with Gasteiger partial charge in [-0.1, -0.05) is 12.1 Å². The molecule has 6 nitrogen and oxygen atoms in total. The Morgan fingerprint density at radius 3 is 2.88 bits per heavy atom. The van der Waals surface area contributed by atoms with E-state index in [0.29, 0.717) is 11.6 Å². The van der Waals surface area contributed by atoms with Crippen LogP contribution in [0, 0.1) is 5.92 Å². The normalized spacial score (nSPS) is 17.6. The van der Waals surface area contributed by atoms with Crippen LogP contribution < -0.4 is 10.2 Å². The minimum absolute atomic E-state index is 0.142. The van der Waals surface area contributed by atoms with Crippen molar-refractivity contribution in [1.82, 2.24) is 10.2 Å². The van der Waals surface area contributed by atoms with Crippen molar-refractivity contribution in [2.45, 2.75) is 32.1 Å². The van der Waals surface area contributed by atoms with E-state index < -0.39 is 0 Å². The van der Waals surface area contributed by atoms with Gasteiger partial charge in [0.05, 0.1) is 11.4 Å². The first-order chi connectivity index (χ1) is 12.3. The highest BCUT2D eigenvalue weighted by atomic mass is 16.3. The third kappa shape index (κ3) is 3.14. The second-order valence-electron chi connectivity index (χ2n) is 6.97. The molecule has 1 saturated heterocycles. The number of amides is 1. The number of aromatic amines is 1. The van der Waals surface area contributed by atoms with Crippen molar-refractivity contribution >= 4 is 17.3 Å². The van der Waals surface area contributed by atoms with Crippen LogP contribution in [0.1, 0.15) is 41.0 Å². The number of rotatable bonds is 4. The monoisotopic (exact) mass is 340 g/mol. The second kappa shape index (κ2) is 6.88. The molecule has 6 heteroatoms. The van der Waals surface area contributed by atoms with E-state index in [1.54, 1.807) is 0 Å². The van der Waals surface area contributed by atoms with Crippen molar-refractivity contribution < 1.29 is 9.90 Å². The molecule has 1 amide bonds. The highest BCUT2D eigenvalue weighted by Gasteiger charge is 2.25. The SMILES string of the molecule is O=C(Nc1ccccc1N1CCC(CO)CC1)c1n[nH]c2c1CCC2. The van der Waals surface area contributed by atoms with E-state index in [2.05, 4.69) is 20.4 Å². The van der Waals surface area contributed by atoms with Crippen molar-refractivity contribution in [3.05, 3.63) is 41.2 Å². The van der Waals surface area contributed by atoms with Crippen LogP contribution in [0.4, 0.5) is 11.4 Å². The minimum atomic E-state index is -0.142. The molecule has 25 heavy (non-hydrogen) atoms. The van der Waals surface area contributed by atoms with Gasteiger partial charge in [-0.3, -0.25) is 9.89 Å².